The van der Waals surface area contributed by atoms with Crippen molar-refractivity contribution in [1.82, 2.24) is 5.32 Å². The van der Waals surface area contributed by atoms with Crippen LogP contribution in [0.3, 0.4) is 0 Å². The van der Waals surface area contributed by atoms with Crippen LogP contribution in [0.25, 0.3) is 0 Å². The molecule has 1 fully saturated rings. The van der Waals surface area contributed by atoms with E-state index in [1.165, 1.54) is 0 Å². The van der Waals surface area contributed by atoms with E-state index >= 15 is 0 Å². The van der Waals surface area contributed by atoms with Crippen LogP contribution in [0.5, 0.6) is 0 Å². The number of halogens is 2. The maximum absolute atomic E-state index is 12.7. The molecule has 2 nitrogen and oxygen atoms in total. The zero-order valence-electron chi connectivity index (χ0n) is 8.60. The minimum absolute atomic E-state index is 0.220. The first kappa shape index (κ1) is 11.9. The van der Waals surface area contributed by atoms with Gasteiger partial charge in [-0.2, -0.15) is 0 Å². The Morgan fingerprint density at radius 1 is 1.43 bits per heavy atom. The van der Waals surface area contributed by atoms with Crippen molar-refractivity contribution in [3.8, 4) is 0 Å². The molecule has 2 unspecified atom stereocenters. The van der Waals surface area contributed by atoms with Gasteiger partial charge in [0.1, 0.15) is 6.61 Å². The SMILES string of the molecule is CCC1CCC(NCC(F)(F)CO)C1. The summed E-state index contributed by atoms with van der Waals surface area (Å²) in [6, 6.07) is 0.220. The van der Waals surface area contributed by atoms with Crippen molar-refractivity contribution >= 4 is 0 Å². The molecule has 84 valence electrons. The monoisotopic (exact) mass is 207 g/mol. The standard InChI is InChI=1S/C10H19F2NO/c1-2-8-3-4-9(5-8)13-6-10(11,12)7-14/h8-9,13-14H,2-7H2,1H3. The van der Waals surface area contributed by atoms with E-state index in [1.807, 2.05) is 0 Å². The predicted octanol–water partition coefficient (Wildman–Crippen LogP) is 1.78. The summed E-state index contributed by atoms with van der Waals surface area (Å²) >= 11 is 0. The molecule has 0 bridgehead atoms. The summed E-state index contributed by atoms with van der Waals surface area (Å²) in [7, 11) is 0. The van der Waals surface area contributed by atoms with Gasteiger partial charge in [-0.1, -0.05) is 13.3 Å². The van der Waals surface area contributed by atoms with Gasteiger partial charge in [0.2, 0.25) is 0 Å². The van der Waals surface area contributed by atoms with E-state index in [0.29, 0.717) is 5.92 Å². The van der Waals surface area contributed by atoms with E-state index in [1.54, 1.807) is 0 Å². The van der Waals surface area contributed by atoms with Gasteiger partial charge in [0.05, 0.1) is 6.54 Å². The molecule has 4 heteroatoms. The second-order valence-corrected chi connectivity index (χ2v) is 4.18. The topological polar surface area (TPSA) is 32.3 Å². The van der Waals surface area contributed by atoms with Crippen molar-refractivity contribution in [3.05, 3.63) is 0 Å². The van der Waals surface area contributed by atoms with Gasteiger partial charge in [-0.05, 0) is 25.2 Å². The van der Waals surface area contributed by atoms with Crippen molar-refractivity contribution in [1.29, 1.82) is 0 Å². The second-order valence-electron chi connectivity index (χ2n) is 4.18. The molecular weight excluding hydrogens is 188 g/mol. The van der Waals surface area contributed by atoms with Crippen molar-refractivity contribution < 1.29 is 13.9 Å². The molecule has 0 heterocycles. The number of aliphatic hydroxyl groups is 1. The summed E-state index contributed by atoms with van der Waals surface area (Å²) in [4.78, 5) is 0. The van der Waals surface area contributed by atoms with Crippen LogP contribution in [0, 0.1) is 5.92 Å². The molecule has 1 aliphatic carbocycles. The van der Waals surface area contributed by atoms with Gasteiger partial charge < -0.3 is 10.4 Å². The number of nitrogens with one attached hydrogen (secondary N) is 1. The molecule has 0 aromatic rings. The normalized spacial score (nSPS) is 28.3. The quantitative estimate of drug-likeness (QED) is 0.720. The van der Waals surface area contributed by atoms with Crippen LogP contribution in [0.2, 0.25) is 0 Å². The molecule has 2 N–H and O–H groups in total. The number of hydrogen-bond donors (Lipinski definition) is 2. The van der Waals surface area contributed by atoms with Crippen molar-refractivity contribution in [2.75, 3.05) is 13.2 Å². The fourth-order valence-corrected chi connectivity index (χ4v) is 1.98. The fourth-order valence-electron chi connectivity index (χ4n) is 1.98. The van der Waals surface area contributed by atoms with Crippen molar-refractivity contribution in [2.24, 2.45) is 5.92 Å². The molecule has 14 heavy (non-hydrogen) atoms. The number of alkyl halides is 2. The van der Waals surface area contributed by atoms with Crippen LogP contribution in [-0.4, -0.2) is 30.2 Å². The zero-order valence-corrected chi connectivity index (χ0v) is 8.60. The molecule has 1 rings (SSSR count). The maximum atomic E-state index is 12.7. The summed E-state index contributed by atoms with van der Waals surface area (Å²) in [5.41, 5.74) is 0. The molecule has 0 aromatic carbocycles. The Morgan fingerprint density at radius 2 is 2.14 bits per heavy atom. The van der Waals surface area contributed by atoms with E-state index in [4.69, 9.17) is 5.11 Å². The molecule has 1 aliphatic rings. The molecule has 0 spiro atoms. The fraction of sp³-hybridized carbons (Fsp3) is 1.00. The first-order valence-electron chi connectivity index (χ1n) is 5.29. The smallest absolute Gasteiger partial charge is 0.282 e. The van der Waals surface area contributed by atoms with Gasteiger partial charge in [-0.3, -0.25) is 0 Å². The lowest BCUT2D eigenvalue weighted by molar-refractivity contribution is -0.0492. The first-order valence-corrected chi connectivity index (χ1v) is 5.29. The Morgan fingerprint density at radius 3 is 2.64 bits per heavy atom. The Balaban J connectivity index is 2.20. The van der Waals surface area contributed by atoms with Crippen LogP contribution >= 0.6 is 0 Å². The average Bonchev–Trinajstić information content (AvgIpc) is 2.63. The highest BCUT2D eigenvalue weighted by Crippen LogP contribution is 2.28. The van der Waals surface area contributed by atoms with Gasteiger partial charge in [-0.15, -0.1) is 0 Å². The second kappa shape index (κ2) is 5.03. The Kier molecular flexibility index (Phi) is 4.26. The van der Waals surface area contributed by atoms with Gasteiger partial charge in [0.25, 0.3) is 5.92 Å². The highest BCUT2D eigenvalue weighted by atomic mass is 19.3. The Labute approximate surface area is 83.7 Å². The third kappa shape index (κ3) is 3.50. The Bertz CT molecular complexity index is 176. The number of hydrogen-bond acceptors (Lipinski definition) is 2. The molecular formula is C10H19F2NO. The average molecular weight is 207 g/mol. The van der Waals surface area contributed by atoms with E-state index in [2.05, 4.69) is 12.2 Å². The summed E-state index contributed by atoms with van der Waals surface area (Å²) < 4.78 is 25.3. The largest absolute Gasteiger partial charge is 0.390 e. The molecule has 0 amide bonds. The van der Waals surface area contributed by atoms with Gasteiger partial charge in [0.15, 0.2) is 0 Å². The Hall–Kier alpha value is -0.220. The molecule has 0 aromatic heterocycles. The predicted molar refractivity (Wildman–Crippen MR) is 51.5 cm³/mol. The van der Waals surface area contributed by atoms with Crippen LogP contribution in [0.15, 0.2) is 0 Å². The van der Waals surface area contributed by atoms with Crippen LogP contribution < -0.4 is 5.32 Å². The summed E-state index contributed by atoms with van der Waals surface area (Å²) in [5.74, 6) is -2.28. The summed E-state index contributed by atoms with van der Waals surface area (Å²) in [5, 5.41) is 11.2. The molecule has 2 atom stereocenters. The lowest BCUT2D eigenvalue weighted by Crippen LogP contribution is -2.40. The molecule has 0 aliphatic heterocycles. The summed E-state index contributed by atoms with van der Waals surface area (Å²) in [6.45, 7) is 0.671. The van der Waals surface area contributed by atoms with Crippen LogP contribution in [0.4, 0.5) is 8.78 Å². The molecule has 1 saturated carbocycles. The van der Waals surface area contributed by atoms with E-state index < -0.39 is 19.1 Å². The number of aliphatic hydroxyl groups excluding tert-OH is 1. The van der Waals surface area contributed by atoms with Gasteiger partial charge >= 0.3 is 0 Å². The highest BCUT2D eigenvalue weighted by molar-refractivity contribution is 4.82. The van der Waals surface area contributed by atoms with Gasteiger partial charge in [0, 0.05) is 6.04 Å². The minimum Gasteiger partial charge on any atom is -0.390 e. The van der Waals surface area contributed by atoms with Crippen LogP contribution in [0.1, 0.15) is 32.6 Å². The van der Waals surface area contributed by atoms with E-state index in [0.717, 1.165) is 25.7 Å². The third-order valence-electron chi connectivity index (χ3n) is 3.00. The molecule has 0 saturated heterocycles. The van der Waals surface area contributed by atoms with E-state index in [9.17, 15) is 8.78 Å². The first-order chi connectivity index (χ1) is 6.57. The zero-order chi connectivity index (χ0) is 10.6. The van der Waals surface area contributed by atoms with Crippen molar-refractivity contribution in [3.63, 3.8) is 0 Å². The lowest BCUT2D eigenvalue weighted by atomic mass is 10.1. The third-order valence-corrected chi connectivity index (χ3v) is 3.00. The molecule has 0 radical (unpaired) electrons. The number of rotatable bonds is 5. The van der Waals surface area contributed by atoms with E-state index in [-0.39, 0.29) is 6.04 Å². The van der Waals surface area contributed by atoms with Crippen molar-refractivity contribution in [2.45, 2.75) is 44.6 Å². The minimum atomic E-state index is -2.97. The maximum Gasteiger partial charge on any atom is 0.282 e. The summed E-state index contributed by atoms with van der Waals surface area (Å²) in [6.07, 6.45) is 4.26. The van der Waals surface area contributed by atoms with Gasteiger partial charge in [-0.25, -0.2) is 8.78 Å². The lowest BCUT2D eigenvalue weighted by Gasteiger charge is -2.18. The van der Waals surface area contributed by atoms with Crippen LogP contribution in [-0.2, 0) is 0 Å². The highest BCUT2D eigenvalue weighted by Gasteiger charge is 2.30.